The van der Waals surface area contributed by atoms with Crippen molar-refractivity contribution >= 4 is 0 Å². The fraction of sp³-hybridized carbons (Fsp3) is 0.375. The summed E-state index contributed by atoms with van der Waals surface area (Å²) < 4.78 is 7.70. The van der Waals surface area contributed by atoms with Crippen LogP contribution < -0.4 is 27.7 Å². The van der Waals surface area contributed by atoms with Crippen LogP contribution in [0.25, 0.3) is 0 Å². The molecule has 1 nitrogen and oxygen atoms in total. The fourth-order valence-electron chi connectivity index (χ4n) is 2.40. The van der Waals surface area contributed by atoms with Crippen molar-refractivity contribution in [1.82, 2.24) is 0 Å². The molecule has 20 heavy (non-hydrogen) atoms. The first-order valence-electron chi connectivity index (χ1n) is 6.32. The molecular formula is C16H20Cl2HfO. The monoisotopic (exact) mass is 478 g/mol. The molecule has 108 valence electrons. The van der Waals surface area contributed by atoms with Gasteiger partial charge in [-0.15, -0.1) is 0 Å². The summed E-state index contributed by atoms with van der Waals surface area (Å²) in [5.41, 5.74) is 4.68. The quantitative estimate of drug-likeness (QED) is 0.493. The minimum atomic E-state index is -1.23. The summed E-state index contributed by atoms with van der Waals surface area (Å²) in [5, 5.41) is 0. The smallest absolute Gasteiger partial charge is 1.00 e. The molecular weight excluding hydrogens is 458 g/mol. The summed E-state index contributed by atoms with van der Waals surface area (Å²) in [6.07, 6.45) is 0. The van der Waals surface area contributed by atoms with Crippen LogP contribution in [0.15, 0.2) is 50.4 Å². The molecule has 0 spiro atoms. The van der Waals surface area contributed by atoms with Crippen molar-refractivity contribution in [1.29, 1.82) is 0 Å². The molecule has 0 aliphatic heterocycles. The Kier molecular flexibility index (Phi) is 7.80. The van der Waals surface area contributed by atoms with Crippen molar-refractivity contribution in [2.24, 2.45) is 5.41 Å². The second-order valence-corrected chi connectivity index (χ2v) is 8.66. The van der Waals surface area contributed by atoms with Gasteiger partial charge >= 0.3 is 122 Å². The van der Waals surface area contributed by atoms with Crippen molar-refractivity contribution in [2.45, 2.75) is 34.6 Å². The zero-order chi connectivity index (χ0) is 13.3. The summed E-state index contributed by atoms with van der Waals surface area (Å²) in [5.74, 6) is 1.03. The van der Waals surface area contributed by atoms with E-state index in [9.17, 15) is 0 Å². The van der Waals surface area contributed by atoms with Crippen LogP contribution in [-0.2, 0) is 23.3 Å². The standard InChI is InChI=1S/C10H15.C6H6O.2ClH.Hf/c1-7-6-10(4,5)9(3)8(7)2;7-6-4-2-1-3-5-6;;;/h1-5H3;1-5,7H;2*1H;/q;;;;+3/p-3. The Morgan fingerprint density at radius 3 is 1.90 bits per heavy atom. The summed E-state index contributed by atoms with van der Waals surface area (Å²) in [7, 11) is 0. The molecule has 0 fully saturated rings. The van der Waals surface area contributed by atoms with Gasteiger partial charge in [-0.3, -0.25) is 0 Å². The van der Waals surface area contributed by atoms with Crippen LogP contribution in [0.1, 0.15) is 34.6 Å². The maximum atomic E-state index is 6.10. The molecule has 1 aliphatic rings. The summed E-state index contributed by atoms with van der Waals surface area (Å²) >= 11 is -1.23. The topological polar surface area (TPSA) is 9.23 Å². The summed E-state index contributed by atoms with van der Waals surface area (Å²) in [4.78, 5) is 0. The van der Waals surface area contributed by atoms with Crippen molar-refractivity contribution in [3.63, 3.8) is 0 Å². The predicted octanol–water partition coefficient (Wildman–Crippen LogP) is -1.28. The van der Waals surface area contributed by atoms with Gasteiger partial charge in [-0.2, -0.15) is 0 Å². The maximum absolute atomic E-state index is 6.10. The van der Waals surface area contributed by atoms with E-state index < -0.39 is 23.3 Å². The minimum Gasteiger partial charge on any atom is -1.00 e. The third kappa shape index (κ3) is 3.78. The SMILES string of the molecule is CC1=C(C)C(C)(C)[C]([Hf+2][O]c2ccccc2)=C1C.[Cl-].[Cl-]. The molecule has 0 aromatic heterocycles. The first-order valence-corrected chi connectivity index (χ1v) is 9.58. The molecule has 0 saturated heterocycles. The third-order valence-electron chi connectivity index (χ3n) is 4.08. The second-order valence-electron chi connectivity index (χ2n) is 5.39. The number of allylic oxidation sites excluding steroid dienone is 4. The molecule has 1 aromatic carbocycles. The number of benzene rings is 1. The Morgan fingerprint density at radius 1 is 0.900 bits per heavy atom. The zero-order valence-corrected chi connectivity index (χ0v) is 17.7. The molecule has 4 heteroatoms. The number of halogens is 2. The van der Waals surface area contributed by atoms with Gasteiger partial charge in [0.05, 0.1) is 0 Å². The maximum Gasteiger partial charge on any atom is -1.00 e. The molecule has 0 radical (unpaired) electrons. The molecule has 0 saturated carbocycles. The van der Waals surface area contributed by atoms with Crippen LogP contribution in [0.4, 0.5) is 0 Å². The first kappa shape index (κ1) is 20.0. The largest absolute Gasteiger partial charge is 1.00 e. The molecule has 2 rings (SSSR count). The van der Waals surface area contributed by atoms with Gasteiger partial charge in [0.1, 0.15) is 0 Å². The fourth-order valence-corrected chi connectivity index (χ4v) is 6.49. The van der Waals surface area contributed by atoms with E-state index in [-0.39, 0.29) is 30.2 Å². The zero-order valence-electron chi connectivity index (χ0n) is 12.6. The predicted molar refractivity (Wildman–Crippen MR) is 71.9 cm³/mol. The van der Waals surface area contributed by atoms with Gasteiger partial charge in [0, 0.05) is 0 Å². The second kappa shape index (κ2) is 7.82. The molecule has 0 N–H and O–H groups in total. The van der Waals surface area contributed by atoms with Crippen molar-refractivity contribution < 1.29 is 51.0 Å². The Morgan fingerprint density at radius 2 is 1.45 bits per heavy atom. The van der Waals surface area contributed by atoms with Gasteiger partial charge in [0.15, 0.2) is 0 Å². The Hall–Kier alpha value is -0.0499. The van der Waals surface area contributed by atoms with Crippen molar-refractivity contribution in [3.8, 4) is 5.75 Å². The number of hydrogen-bond donors (Lipinski definition) is 0. The van der Waals surface area contributed by atoms with E-state index in [1.165, 1.54) is 16.7 Å². The van der Waals surface area contributed by atoms with Crippen molar-refractivity contribution in [3.05, 3.63) is 50.4 Å². The molecule has 1 aromatic rings. The van der Waals surface area contributed by atoms with Crippen LogP contribution >= 0.6 is 0 Å². The van der Waals surface area contributed by atoms with E-state index in [0.29, 0.717) is 0 Å². The van der Waals surface area contributed by atoms with Gasteiger partial charge < -0.3 is 24.8 Å². The number of rotatable bonds is 3. The van der Waals surface area contributed by atoms with Crippen LogP contribution in [0, 0.1) is 5.41 Å². The van der Waals surface area contributed by atoms with E-state index in [1.54, 1.807) is 3.33 Å². The van der Waals surface area contributed by atoms with Crippen LogP contribution in [0.5, 0.6) is 5.75 Å². The third-order valence-corrected chi connectivity index (χ3v) is 9.62. The van der Waals surface area contributed by atoms with Gasteiger partial charge in [-0.25, -0.2) is 0 Å². The van der Waals surface area contributed by atoms with E-state index in [0.717, 1.165) is 5.75 Å². The van der Waals surface area contributed by atoms with Gasteiger partial charge in [-0.05, 0) is 0 Å². The molecule has 0 heterocycles. The molecule has 0 amide bonds. The van der Waals surface area contributed by atoms with Crippen LogP contribution in [-0.4, -0.2) is 0 Å². The summed E-state index contributed by atoms with van der Waals surface area (Å²) in [6.45, 7) is 11.4. The van der Waals surface area contributed by atoms with E-state index in [2.05, 4.69) is 46.8 Å². The van der Waals surface area contributed by atoms with Crippen LogP contribution in [0.2, 0.25) is 0 Å². The molecule has 0 atom stereocenters. The Bertz CT molecular complexity index is 519. The Labute approximate surface area is 146 Å². The first-order chi connectivity index (χ1) is 8.44. The molecule has 0 unspecified atom stereocenters. The van der Waals surface area contributed by atoms with E-state index in [4.69, 9.17) is 2.85 Å². The summed E-state index contributed by atoms with van der Waals surface area (Å²) in [6, 6.07) is 10.2. The number of para-hydroxylation sites is 1. The average molecular weight is 478 g/mol. The molecule has 1 aliphatic carbocycles. The van der Waals surface area contributed by atoms with Crippen LogP contribution in [0.3, 0.4) is 0 Å². The molecule has 0 bridgehead atoms. The average Bonchev–Trinajstić information content (AvgIpc) is 2.50. The van der Waals surface area contributed by atoms with Gasteiger partial charge in [0.2, 0.25) is 0 Å². The van der Waals surface area contributed by atoms with E-state index in [1.807, 2.05) is 18.2 Å². The van der Waals surface area contributed by atoms with Crippen molar-refractivity contribution in [2.75, 3.05) is 0 Å². The number of hydrogen-bond acceptors (Lipinski definition) is 1. The Balaban J connectivity index is 0.00000180. The van der Waals surface area contributed by atoms with E-state index >= 15 is 0 Å². The van der Waals surface area contributed by atoms with Gasteiger partial charge in [-0.1, -0.05) is 0 Å². The van der Waals surface area contributed by atoms with Gasteiger partial charge in [0.25, 0.3) is 0 Å². The normalized spacial score (nSPS) is 16.2. The minimum absolute atomic E-state index is 0.